The third kappa shape index (κ3) is 6.06. The summed E-state index contributed by atoms with van der Waals surface area (Å²) in [5, 5.41) is 0. The maximum Gasteiger partial charge on any atom is 0.338 e. The largest absolute Gasteiger partial charge is 0.497 e. The van der Waals surface area contributed by atoms with Gasteiger partial charge in [-0.05, 0) is 24.5 Å². The van der Waals surface area contributed by atoms with Crippen molar-refractivity contribution in [1.82, 2.24) is 4.98 Å². The Balaban J connectivity index is 1.99. The Hall–Kier alpha value is -2.96. The number of aromatic nitrogens is 1. The van der Waals surface area contributed by atoms with Gasteiger partial charge in [0.1, 0.15) is 18.1 Å². The average Bonchev–Trinajstić information content (AvgIpc) is 2.66. The van der Waals surface area contributed by atoms with Crippen LogP contribution < -0.4 is 19.6 Å². The van der Waals surface area contributed by atoms with Crippen LogP contribution in [0.5, 0.6) is 17.2 Å². The van der Waals surface area contributed by atoms with Crippen molar-refractivity contribution in [3.63, 3.8) is 0 Å². The molecule has 1 aromatic heterocycles. The van der Waals surface area contributed by atoms with Crippen molar-refractivity contribution in [1.29, 1.82) is 0 Å². The minimum absolute atomic E-state index is 0.0696. The van der Waals surface area contributed by atoms with Crippen molar-refractivity contribution in [2.75, 3.05) is 20.8 Å². The Labute approximate surface area is 158 Å². The summed E-state index contributed by atoms with van der Waals surface area (Å²) in [6, 6.07) is 6.13. The third-order valence-corrected chi connectivity index (χ3v) is 3.84. The minimum atomic E-state index is -0.551. The average molecular weight is 375 g/mol. The Kier molecular flexibility index (Phi) is 7.28. The summed E-state index contributed by atoms with van der Waals surface area (Å²) in [5.74, 6) is 1.17. The molecule has 7 nitrogen and oxygen atoms in total. The summed E-state index contributed by atoms with van der Waals surface area (Å²) in [7, 11) is 3.00. The van der Waals surface area contributed by atoms with Gasteiger partial charge in [0, 0.05) is 18.3 Å². The summed E-state index contributed by atoms with van der Waals surface area (Å²) in [6.45, 7) is 4.58. The molecule has 1 aromatic carbocycles. The minimum Gasteiger partial charge on any atom is -0.497 e. The lowest BCUT2D eigenvalue weighted by atomic mass is 10.1. The molecule has 0 unspecified atom stereocenters. The predicted molar refractivity (Wildman–Crippen MR) is 101 cm³/mol. The van der Waals surface area contributed by atoms with E-state index < -0.39 is 5.97 Å². The van der Waals surface area contributed by atoms with E-state index in [1.807, 2.05) is 0 Å². The first-order chi connectivity index (χ1) is 12.9. The number of hydrogen-bond acceptors (Lipinski definition) is 6. The number of benzene rings is 1. The van der Waals surface area contributed by atoms with E-state index in [1.165, 1.54) is 26.5 Å². The number of H-pyrrole nitrogens is 1. The monoisotopic (exact) mass is 375 g/mol. The van der Waals surface area contributed by atoms with Gasteiger partial charge in [0.2, 0.25) is 5.43 Å². The van der Waals surface area contributed by atoms with E-state index in [0.29, 0.717) is 35.3 Å². The standard InChI is InChI=1S/C20H25NO6/c1-13(2)5-6-26-19-11-21-15(9-18(19)22)12-27-20(23)14-7-16(24-3)10-17(8-14)25-4/h7-11,13H,5-6,12H2,1-4H3,(H,21,22). The molecule has 0 aliphatic rings. The highest BCUT2D eigenvalue weighted by Crippen LogP contribution is 2.23. The Morgan fingerprint density at radius 1 is 1.07 bits per heavy atom. The van der Waals surface area contributed by atoms with Crippen LogP contribution in [0.15, 0.2) is 35.3 Å². The summed E-state index contributed by atoms with van der Waals surface area (Å²) in [6.07, 6.45) is 2.35. The second-order valence-corrected chi connectivity index (χ2v) is 6.40. The van der Waals surface area contributed by atoms with Gasteiger partial charge in [-0.3, -0.25) is 4.79 Å². The van der Waals surface area contributed by atoms with E-state index in [-0.39, 0.29) is 17.8 Å². The molecule has 0 radical (unpaired) electrons. The SMILES string of the molecule is COc1cc(OC)cc(C(=O)OCc2cc(=O)c(OCCC(C)C)c[nH]2)c1. The van der Waals surface area contributed by atoms with Gasteiger partial charge in [0.25, 0.3) is 0 Å². The second kappa shape index (κ2) is 9.66. The first kappa shape index (κ1) is 20.4. The molecule has 0 spiro atoms. The highest BCUT2D eigenvalue weighted by molar-refractivity contribution is 5.90. The maximum atomic E-state index is 12.3. The van der Waals surface area contributed by atoms with Crippen molar-refractivity contribution in [3.8, 4) is 17.2 Å². The van der Waals surface area contributed by atoms with Crippen LogP contribution in [0.2, 0.25) is 0 Å². The summed E-state index contributed by atoms with van der Waals surface area (Å²) in [4.78, 5) is 27.3. The molecule has 0 saturated heterocycles. The fraction of sp³-hybridized carbons (Fsp3) is 0.400. The van der Waals surface area contributed by atoms with Gasteiger partial charge in [-0.25, -0.2) is 4.79 Å². The lowest BCUT2D eigenvalue weighted by Crippen LogP contribution is -2.13. The normalized spacial score (nSPS) is 10.6. The first-order valence-corrected chi connectivity index (χ1v) is 8.67. The van der Waals surface area contributed by atoms with Crippen molar-refractivity contribution < 1.29 is 23.7 Å². The molecule has 2 rings (SSSR count). The van der Waals surface area contributed by atoms with Crippen molar-refractivity contribution in [3.05, 3.63) is 51.9 Å². The van der Waals surface area contributed by atoms with Gasteiger partial charge in [-0.1, -0.05) is 13.8 Å². The van der Waals surface area contributed by atoms with Gasteiger partial charge in [-0.2, -0.15) is 0 Å². The lowest BCUT2D eigenvalue weighted by Gasteiger charge is -2.10. The molecule has 0 saturated carbocycles. The van der Waals surface area contributed by atoms with Gasteiger partial charge in [0.05, 0.1) is 32.1 Å². The molecule has 7 heteroatoms. The zero-order chi connectivity index (χ0) is 19.8. The number of methoxy groups -OCH3 is 2. The van der Waals surface area contributed by atoms with Crippen molar-refractivity contribution >= 4 is 5.97 Å². The molecule has 2 aromatic rings. The number of rotatable bonds is 9. The zero-order valence-corrected chi connectivity index (χ0v) is 16.0. The molecule has 146 valence electrons. The molecule has 0 amide bonds. The zero-order valence-electron chi connectivity index (χ0n) is 16.0. The number of pyridine rings is 1. The summed E-state index contributed by atoms with van der Waals surface area (Å²) >= 11 is 0. The van der Waals surface area contributed by atoms with Gasteiger partial charge < -0.3 is 23.9 Å². The van der Waals surface area contributed by atoms with E-state index >= 15 is 0 Å². The molecule has 1 N–H and O–H groups in total. The smallest absolute Gasteiger partial charge is 0.338 e. The molecule has 0 aliphatic heterocycles. The third-order valence-electron chi connectivity index (χ3n) is 3.84. The maximum absolute atomic E-state index is 12.3. The van der Waals surface area contributed by atoms with E-state index in [1.54, 1.807) is 18.2 Å². The topological polar surface area (TPSA) is 86.8 Å². The lowest BCUT2D eigenvalue weighted by molar-refractivity contribution is 0.0466. The number of carbonyl (C=O) groups excluding carboxylic acids is 1. The number of hydrogen-bond donors (Lipinski definition) is 1. The highest BCUT2D eigenvalue weighted by atomic mass is 16.5. The highest BCUT2D eigenvalue weighted by Gasteiger charge is 2.12. The Morgan fingerprint density at radius 2 is 1.74 bits per heavy atom. The molecule has 0 atom stereocenters. The van der Waals surface area contributed by atoms with Crippen molar-refractivity contribution in [2.24, 2.45) is 5.92 Å². The molecule has 27 heavy (non-hydrogen) atoms. The van der Waals surface area contributed by atoms with Crippen LogP contribution >= 0.6 is 0 Å². The quantitative estimate of drug-likeness (QED) is 0.678. The molecular weight excluding hydrogens is 350 g/mol. The Bertz CT molecular complexity index is 805. The molecular formula is C20H25NO6. The van der Waals surface area contributed by atoms with E-state index in [9.17, 15) is 9.59 Å². The Morgan fingerprint density at radius 3 is 2.30 bits per heavy atom. The van der Waals surface area contributed by atoms with E-state index in [2.05, 4.69) is 18.8 Å². The van der Waals surface area contributed by atoms with E-state index in [4.69, 9.17) is 18.9 Å². The van der Waals surface area contributed by atoms with Crippen LogP contribution in [0.4, 0.5) is 0 Å². The number of nitrogens with one attached hydrogen (secondary N) is 1. The fourth-order valence-corrected chi connectivity index (χ4v) is 2.25. The van der Waals surface area contributed by atoms with Gasteiger partial charge >= 0.3 is 5.97 Å². The summed E-state index contributed by atoms with van der Waals surface area (Å²) < 4.78 is 21.0. The molecule has 0 bridgehead atoms. The van der Waals surface area contributed by atoms with Crippen LogP contribution in [0.1, 0.15) is 36.3 Å². The van der Waals surface area contributed by atoms with Crippen LogP contribution in [-0.2, 0) is 11.3 Å². The van der Waals surface area contributed by atoms with Crippen molar-refractivity contribution in [2.45, 2.75) is 26.9 Å². The number of ether oxygens (including phenoxy) is 4. The molecule has 0 aliphatic carbocycles. The second-order valence-electron chi connectivity index (χ2n) is 6.40. The number of carbonyl (C=O) groups is 1. The van der Waals surface area contributed by atoms with Crippen LogP contribution in [0.3, 0.4) is 0 Å². The van der Waals surface area contributed by atoms with Crippen LogP contribution in [0.25, 0.3) is 0 Å². The molecule has 0 fully saturated rings. The fourth-order valence-electron chi connectivity index (χ4n) is 2.25. The predicted octanol–water partition coefficient (Wildman–Crippen LogP) is 3.17. The molecule has 1 heterocycles. The van der Waals surface area contributed by atoms with Crippen LogP contribution in [-0.4, -0.2) is 31.8 Å². The number of aromatic amines is 1. The van der Waals surface area contributed by atoms with E-state index in [0.717, 1.165) is 6.42 Å². The first-order valence-electron chi connectivity index (χ1n) is 8.67. The van der Waals surface area contributed by atoms with Crippen LogP contribution in [0, 0.1) is 5.92 Å². The van der Waals surface area contributed by atoms with Gasteiger partial charge in [0.15, 0.2) is 5.75 Å². The summed E-state index contributed by atoms with van der Waals surface area (Å²) in [5.41, 5.74) is 0.508. The number of esters is 1. The van der Waals surface area contributed by atoms with Gasteiger partial charge in [-0.15, -0.1) is 0 Å².